The van der Waals surface area contributed by atoms with E-state index in [1.54, 1.807) is 18.2 Å². The Morgan fingerprint density at radius 2 is 1.95 bits per heavy atom. The fourth-order valence-corrected chi connectivity index (χ4v) is 2.78. The molecular formula is C19H19BrO2. The van der Waals surface area contributed by atoms with E-state index in [4.69, 9.17) is 0 Å². The van der Waals surface area contributed by atoms with Gasteiger partial charge < -0.3 is 9.90 Å². The van der Waals surface area contributed by atoms with Crippen LogP contribution >= 0.6 is 15.9 Å². The van der Waals surface area contributed by atoms with E-state index in [9.17, 15) is 9.90 Å². The molecule has 3 heteroatoms. The van der Waals surface area contributed by atoms with Crippen LogP contribution in [0.3, 0.4) is 0 Å². The Morgan fingerprint density at radius 1 is 1.23 bits per heavy atom. The van der Waals surface area contributed by atoms with Crippen LogP contribution in [-0.4, -0.2) is 11.4 Å². The van der Waals surface area contributed by atoms with Gasteiger partial charge >= 0.3 is 0 Å². The molecule has 0 aromatic heterocycles. The summed E-state index contributed by atoms with van der Waals surface area (Å²) >= 11 is 3.31. The van der Waals surface area contributed by atoms with Gasteiger partial charge in [-0.05, 0) is 65.0 Å². The zero-order chi connectivity index (χ0) is 16.1. The fraction of sp³-hybridized carbons (Fsp3) is 0.211. The molecule has 22 heavy (non-hydrogen) atoms. The van der Waals surface area contributed by atoms with Gasteiger partial charge in [-0.3, -0.25) is 0 Å². The van der Waals surface area contributed by atoms with Crippen LogP contribution < -0.4 is 0 Å². The Hall–Kier alpha value is -1.87. The van der Waals surface area contributed by atoms with E-state index in [-0.39, 0.29) is 11.7 Å². The number of carbonyl (C=O) groups excluding carboxylic acids is 1. The summed E-state index contributed by atoms with van der Waals surface area (Å²) in [6.45, 7) is 4.13. The van der Waals surface area contributed by atoms with Gasteiger partial charge in [0.05, 0.1) is 10.4 Å². The van der Waals surface area contributed by atoms with E-state index in [1.807, 2.05) is 18.2 Å². The molecule has 2 aromatic carbocycles. The molecule has 1 unspecified atom stereocenters. The molecule has 0 aliphatic rings. The van der Waals surface area contributed by atoms with Crippen LogP contribution in [0.2, 0.25) is 0 Å². The maximum atomic E-state index is 11.7. The van der Waals surface area contributed by atoms with Crippen LogP contribution in [-0.2, 0) is 11.2 Å². The number of phenolic OH excluding ortho intramolecular Hbond substituents is 1. The first-order chi connectivity index (χ1) is 10.5. The number of carbonyl (C=O) groups is 1. The minimum absolute atomic E-state index is 0.172. The number of hydrogen-bond donors (Lipinski definition) is 1. The van der Waals surface area contributed by atoms with E-state index < -0.39 is 0 Å². The molecule has 0 radical (unpaired) electrons. The summed E-state index contributed by atoms with van der Waals surface area (Å²) in [5.41, 5.74) is 4.27. The van der Waals surface area contributed by atoms with E-state index in [1.165, 1.54) is 5.57 Å². The van der Waals surface area contributed by atoms with Gasteiger partial charge in [-0.1, -0.05) is 42.0 Å². The van der Waals surface area contributed by atoms with Crippen molar-refractivity contribution in [2.24, 2.45) is 0 Å². The van der Waals surface area contributed by atoms with Crippen molar-refractivity contribution in [3.05, 3.63) is 75.3 Å². The van der Waals surface area contributed by atoms with Crippen LogP contribution in [0.15, 0.2) is 58.6 Å². The summed E-state index contributed by atoms with van der Waals surface area (Å²) in [5, 5.41) is 9.63. The lowest BCUT2D eigenvalue weighted by molar-refractivity contribution is -0.108. The number of aldehydes is 1. The first-order valence-electron chi connectivity index (χ1n) is 7.17. The highest BCUT2D eigenvalue weighted by Crippen LogP contribution is 2.31. The summed E-state index contributed by atoms with van der Waals surface area (Å²) in [6, 6.07) is 13.2. The highest BCUT2D eigenvalue weighted by atomic mass is 79.9. The zero-order valence-electron chi connectivity index (χ0n) is 12.7. The molecule has 0 bridgehead atoms. The smallest absolute Gasteiger partial charge is 0.131 e. The van der Waals surface area contributed by atoms with Gasteiger partial charge in [0, 0.05) is 0 Å². The third-order valence-corrected chi connectivity index (χ3v) is 4.22. The largest absolute Gasteiger partial charge is 0.507 e. The van der Waals surface area contributed by atoms with Crippen molar-refractivity contribution in [1.82, 2.24) is 0 Å². The highest BCUT2D eigenvalue weighted by molar-refractivity contribution is 9.10. The van der Waals surface area contributed by atoms with Gasteiger partial charge in [0.1, 0.15) is 12.0 Å². The van der Waals surface area contributed by atoms with E-state index >= 15 is 0 Å². The number of benzene rings is 2. The van der Waals surface area contributed by atoms with Crippen LogP contribution in [0.25, 0.3) is 0 Å². The monoisotopic (exact) mass is 358 g/mol. The first-order valence-corrected chi connectivity index (χ1v) is 7.97. The van der Waals surface area contributed by atoms with Crippen molar-refractivity contribution < 1.29 is 9.90 Å². The second-order valence-electron chi connectivity index (χ2n) is 5.51. The summed E-state index contributed by atoms with van der Waals surface area (Å²) in [4.78, 5) is 11.7. The van der Waals surface area contributed by atoms with E-state index in [2.05, 4.69) is 41.9 Å². The molecule has 114 valence electrons. The average molecular weight is 359 g/mol. The fourth-order valence-electron chi connectivity index (χ4n) is 2.39. The van der Waals surface area contributed by atoms with Gasteiger partial charge in [-0.25, -0.2) is 0 Å². The molecule has 0 aliphatic heterocycles. The molecule has 0 amide bonds. The Bertz CT molecular complexity index is 700. The minimum Gasteiger partial charge on any atom is -0.507 e. The predicted molar refractivity (Wildman–Crippen MR) is 93.3 cm³/mol. The Balaban J connectivity index is 2.45. The van der Waals surface area contributed by atoms with Gasteiger partial charge in [-0.2, -0.15) is 0 Å². The topological polar surface area (TPSA) is 37.3 Å². The SMILES string of the molecule is CC(C)=CCc1ccccc1C(C=O)c1ccc(O)c(Br)c1. The standard InChI is InChI=1S/C19H19BrO2/c1-13(2)7-8-14-5-3-4-6-16(14)17(12-21)15-9-10-19(22)18(20)11-15/h3-7,9-12,17,22H,8H2,1-2H3. The first kappa shape index (κ1) is 16.5. The highest BCUT2D eigenvalue weighted by Gasteiger charge is 2.17. The number of hydrogen-bond acceptors (Lipinski definition) is 2. The molecule has 0 saturated heterocycles. The Kier molecular flexibility index (Phi) is 5.56. The van der Waals surface area contributed by atoms with Crippen molar-refractivity contribution >= 4 is 22.2 Å². The zero-order valence-corrected chi connectivity index (χ0v) is 14.3. The second kappa shape index (κ2) is 7.41. The van der Waals surface area contributed by atoms with Crippen LogP contribution in [0.4, 0.5) is 0 Å². The lowest BCUT2D eigenvalue weighted by Crippen LogP contribution is -2.06. The molecule has 1 atom stereocenters. The summed E-state index contributed by atoms with van der Waals surface area (Å²) in [7, 11) is 0. The molecule has 2 rings (SSSR count). The van der Waals surface area contributed by atoms with Crippen molar-refractivity contribution in [2.75, 3.05) is 0 Å². The number of phenols is 1. The molecule has 0 aliphatic carbocycles. The lowest BCUT2D eigenvalue weighted by atomic mass is 9.88. The van der Waals surface area contributed by atoms with Crippen molar-refractivity contribution in [1.29, 1.82) is 0 Å². The number of halogens is 1. The summed E-state index contributed by atoms with van der Waals surface area (Å²) in [5.74, 6) is -0.162. The molecule has 0 saturated carbocycles. The molecular weight excluding hydrogens is 340 g/mol. The van der Waals surface area contributed by atoms with Crippen molar-refractivity contribution in [3.63, 3.8) is 0 Å². The molecule has 2 aromatic rings. The summed E-state index contributed by atoms with van der Waals surface area (Å²) < 4.78 is 0.596. The van der Waals surface area contributed by atoms with Crippen LogP contribution in [0.1, 0.15) is 36.5 Å². The predicted octanol–water partition coefficient (Wildman–Crippen LogP) is 4.99. The van der Waals surface area contributed by atoms with E-state index in [0.717, 1.165) is 29.4 Å². The van der Waals surface area contributed by atoms with Gasteiger partial charge in [0.25, 0.3) is 0 Å². The third-order valence-electron chi connectivity index (χ3n) is 3.59. The quantitative estimate of drug-likeness (QED) is 0.603. The second-order valence-corrected chi connectivity index (χ2v) is 6.36. The molecule has 0 spiro atoms. The van der Waals surface area contributed by atoms with Gasteiger partial charge in [-0.15, -0.1) is 0 Å². The molecule has 1 N–H and O–H groups in total. The summed E-state index contributed by atoms with van der Waals surface area (Å²) in [6.07, 6.45) is 3.93. The van der Waals surface area contributed by atoms with E-state index in [0.29, 0.717) is 4.47 Å². The number of aromatic hydroxyl groups is 1. The Labute approximate surface area is 139 Å². The van der Waals surface area contributed by atoms with Crippen LogP contribution in [0, 0.1) is 0 Å². The normalized spacial score (nSPS) is 11.8. The van der Waals surface area contributed by atoms with Gasteiger partial charge in [0.2, 0.25) is 0 Å². The van der Waals surface area contributed by atoms with Gasteiger partial charge in [0.15, 0.2) is 0 Å². The average Bonchev–Trinajstić information content (AvgIpc) is 2.50. The van der Waals surface area contributed by atoms with Crippen molar-refractivity contribution in [3.8, 4) is 5.75 Å². The molecule has 0 fully saturated rings. The maximum absolute atomic E-state index is 11.7. The maximum Gasteiger partial charge on any atom is 0.131 e. The third kappa shape index (κ3) is 3.86. The van der Waals surface area contributed by atoms with Crippen LogP contribution in [0.5, 0.6) is 5.75 Å². The Morgan fingerprint density at radius 3 is 2.59 bits per heavy atom. The number of allylic oxidation sites excluding steroid dienone is 2. The minimum atomic E-state index is -0.335. The number of rotatable bonds is 5. The van der Waals surface area contributed by atoms with Crippen molar-refractivity contribution in [2.45, 2.75) is 26.2 Å². The molecule has 0 heterocycles. The lowest BCUT2D eigenvalue weighted by Gasteiger charge is -2.16. The molecule has 2 nitrogen and oxygen atoms in total.